The summed E-state index contributed by atoms with van der Waals surface area (Å²) in [5.74, 6) is 0.989. The van der Waals surface area contributed by atoms with E-state index in [9.17, 15) is 8.42 Å². The van der Waals surface area contributed by atoms with Crippen LogP contribution in [0.25, 0.3) is 16.8 Å². The number of halogens is 2. The number of aromatic amines is 1. The Morgan fingerprint density at radius 1 is 1.36 bits per heavy atom. The van der Waals surface area contributed by atoms with Crippen molar-refractivity contribution in [3.05, 3.63) is 24.3 Å². The summed E-state index contributed by atoms with van der Waals surface area (Å²) in [5.41, 5.74) is 2.38. The molecule has 150 valence electrons. The molecule has 2 aliphatic rings. The summed E-state index contributed by atoms with van der Waals surface area (Å²) < 4.78 is 29.0. The van der Waals surface area contributed by atoms with E-state index in [1.54, 1.807) is 6.20 Å². The molecular weight excluding hydrogens is 423 g/mol. The van der Waals surface area contributed by atoms with Gasteiger partial charge in [-0.25, -0.2) is 18.1 Å². The first-order chi connectivity index (χ1) is 13.2. The smallest absolute Gasteiger partial charge is 0.212 e. The zero-order valence-corrected chi connectivity index (χ0v) is 17.5. The van der Waals surface area contributed by atoms with E-state index >= 15 is 0 Å². The van der Waals surface area contributed by atoms with Crippen LogP contribution in [0.15, 0.2) is 18.5 Å². The second kappa shape index (κ2) is 6.29. The minimum absolute atomic E-state index is 0.0287. The van der Waals surface area contributed by atoms with Crippen LogP contribution >= 0.6 is 23.2 Å². The van der Waals surface area contributed by atoms with Crippen molar-refractivity contribution < 1.29 is 8.42 Å². The molecule has 0 aromatic carbocycles. The summed E-state index contributed by atoms with van der Waals surface area (Å²) in [6.45, 7) is 2.12. The molecule has 1 unspecified atom stereocenters. The van der Waals surface area contributed by atoms with Crippen molar-refractivity contribution in [2.24, 2.45) is 11.8 Å². The quantitative estimate of drug-likeness (QED) is 0.590. The van der Waals surface area contributed by atoms with Crippen LogP contribution in [0.1, 0.15) is 37.9 Å². The fraction of sp³-hybridized carbons (Fsp3) is 0.588. The van der Waals surface area contributed by atoms with E-state index in [1.165, 1.54) is 0 Å². The molecule has 28 heavy (non-hydrogen) atoms. The van der Waals surface area contributed by atoms with Gasteiger partial charge < -0.3 is 4.98 Å². The third kappa shape index (κ3) is 3.18. The molecule has 0 aliphatic heterocycles. The summed E-state index contributed by atoms with van der Waals surface area (Å²) in [7, 11) is -3.43. The van der Waals surface area contributed by atoms with Gasteiger partial charge in [0.1, 0.15) is 10.2 Å². The molecule has 2 fully saturated rings. The topological polar surface area (TPSA) is 105 Å². The van der Waals surface area contributed by atoms with Gasteiger partial charge in [0.2, 0.25) is 10.0 Å². The summed E-state index contributed by atoms with van der Waals surface area (Å²) in [6.07, 6.45) is 5.47. The molecule has 11 heteroatoms. The molecule has 3 heterocycles. The first-order valence-electron chi connectivity index (χ1n) is 9.28. The number of nitrogens with zero attached hydrogens (tertiary/aromatic N) is 4. The van der Waals surface area contributed by atoms with Gasteiger partial charge in [0.05, 0.1) is 17.5 Å². The molecule has 4 atom stereocenters. The average Bonchev–Trinajstić information content (AvgIpc) is 3.06. The number of sulfonamides is 1. The zero-order chi connectivity index (χ0) is 19.7. The Kier molecular flexibility index (Phi) is 4.18. The van der Waals surface area contributed by atoms with E-state index in [4.69, 9.17) is 23.2 Å². The predicted molar refractivity (Wildman–Crippen MR) is 107 cm³/mol. The van der Waals surface area contributed by atoms with E-state index < -0.39 is 14.4 Å². The second-order valence-corrected chi connectivity index (χ2v) is 11.4. The molecule has 8 nitrogen and oxygen atoms in total. The molecule has 5 rings (SSSR count). The number of hydrogen-bond acceptors (Lipinski definition) is 5. The lowest BCUT2D eigenvalue weighted by Crippen LogP contribution is -2.35. The van der Waals surface area contributed by atoms with Crippen molar-refractivity contribution in [1.82, 2.24) is 29.3 Å². The van der Waals surface area contributed by atoms with Gasteiger partial charge in [0.15, 0.2) is 11.3 Å². The second-order valence-electron chi connectivity index (χ2n) is 8.03. The molecule has 3 aromatic heterocycles. The van der Waals surface area contributed by atoms with E-state index in [0.29, 0.717) is 18.5 Å². The highest BCUT2D eigenvalue weighted by molar-refractivity contribution is 7.89. The maximum Gasteiger partial charge on any atom is 0.212 e. The van der Waals surface area contributed by atoms with Crippen LogP contribution in [-0.4, -0.2) is 49.1 Å². The lowest BCUT2D eigenvalue weighted by molar-refractivity contribution is 0.505. The molecule has 0 radical (unpaired) electrons. The fourth-order valence-corrected chi connectivity index (χ4v) is 6.80. The molecule has 0 bridgehead atoms. The van der Waals surface area contributed by atoms with Crippen LogP contribution in [0.2, 0.25) is 0 Å². The normalized spacial score (nSPS) is 29.7. The van der Waals surface area contributed by atoms with Crippen molar-refractivity contribution in [3.8, 4) is 0 Å². The Balaban J connectivity index is 1.38. The molecule has 2 aliphatic carbocycles. The number of hydrogen-bond donors (Lipinski definition) is 2. The third-order valence-electron chi connectivity index (χ3n) is 5.90. The highest BCUT2D eigenvalue weighted by atomic mass is 35.5. The van der Waals surface area contributed by atoms with Crippen LogP contribution in [0.5, 0.6) is 0 Å². The Bertz CT molecular complexity index is 1160. The maximum atomic E-state index is 12.5. The predicted octanol–water partition coefficient (Wildman–Crippen LogP) is 2.60. The maximum absolute atomic E-state index is 12.5. The number of alkyl halides is 2. The average molecular weight is 443 g/mol. The van der Waals surface area contributed by atoms with Gasteiger partial charge in [0, 0.05) is 24.1 Å². The van der Waals surface area contributed by atoms with Crippen molar-refractivity contribution >= 4 is 50.0 Å². The SMILES string of the molecule is C[C@@H]1C[C@H](NS(=O)(=O)CC2CC2(Cl)Cl)C[C@@H]1c1nnc2cnc3[nH]ccc3n12. The van der Waals surface area contributed by atoms with Crippen LogP contribution in [0, 0.1) is 11.8 Å². The van der Waals surface area contributed by atoms with Gasteiger partial charge >= 0.3 is 0 Å². The van der Waals surface area contributed by atoms with Crippen molar-refractivity contribution in [2.45, 2.75) is 42.5 Å². The van der Waals surface area contributed by atoms with Crippen molar-refractivity contribution in [2.75, 3.05) is 5.75 Å². The standard InChI is InChI=1S/C17H20Cl2N6O2S/c1-9-4-11(24-28(26,27)8-10-6-17(10,18)19)5-12(9)16-23-22-14-7-21-15-13(25(14)16)2-3-20-15/h2-3,7,9-12,20,24H,4-6,8H2,1H3/t9-,10?,11+,12+/m1/s1. The largest absolute Gasteiger partial charge is 0.345 e. The highest BCUT2D eigenvalue weighted by Crippen LogP contribution is 2.53. The molecule has 0 saturated heterocycles. The summed E-state index contributed by atoms with van der Waals surface area (Å²) in [4.78, 5) is 7.45. The number of rotatable bonds is 5. The van der Waals surface area contributed by atoms with Crippen LogP contribution in [0.3, 0.4) is 0 Å². The first-order valence-corrected chi connectivity index (χ1v) is 11.7. The number of aromatic nitrogens is 5. The number of fused-ring (bicyclic) bond motifs is 3. The van der Waals surface area contributed by atoms with Crippen LogP contribution in [0.4, 0.5) is 0 Å². The summed E-state index contributed by atoms with van der Waals surface area (Å²) in [6, 6.07) is 1.81. The summed E-state index contributed by atoms with van der Waals surface area (Å²) in [5, 5.41) is 8.67. The minimum atomic E-state index is -3.43. The first kappa shape index (κ1) is 18.6. The van der Waals surface area contributed by atoms with E-state index in [0.717, 1.165) is 23.4 Å². The Labute approximate surface area is 172 Å². The van der Waals surface area contributed by atoms with Crippen LogP contribution < -0.4 is 4.72 Å². The lowest BCUT2D eigenvalue weighted by Gasteiger charge is -2.14. The van der Waals surface area contributed by atoms with Gasteiger partial charge in [-0.3, -0.25) is 4.40 Å². The zero-order valence-electron chi connectivity index (χ0n) is 15.1. The van der Waals surface area contributed by atoms with Gasteiger partial charge in [-0.15, -0.1) is 33.4 Å². The van der Waals surface area contributed by atoms with Gasteiger partial charge in [-0.1, -0.05) is 6.92 Å². The highest BCUT2D eigenvalue weighted by Gasteiger charge is 2.53. The van der Waals surface area contributed by atoms with E-state index in [2.05, 4.69) is 31.8 Å². The number of H-pyrrole nitrogens is 1. The number of nitrogens with one attached hydrogen (secondary N) is 2. The van der Waals surface area contributed by atoms with E-state index in [-0.39, 0.29) is 29.5 Å². The molecular formula is C17H20Cl2N6O2S. The van der Waals surface area contributed by atoms with Crippen molar-refractivity contribution in [1.29, 1.82) is 0 Å². The Hall–Kier alpha value is -1.42. The Morgan fingerprint density at radius 3 is 2.89 bits per heavy atom. The fourth-order valence-electron chi connectivity index (χ4n) is 4.36. The molecule has 3 aromatic rings. The molecule has 2 N–H and O–H groups in total. The monoisotopic (exact) mass is 442 g/mol. The summed E-state index contributed by atoms with van der Waals surface area (Å²) >= 11 is 12.0. The van der Waals surface area contributed by atoms with Gasteiger partial charge in [-0.2, -0.15) is 0 Å². The minimum Gasteiger partial charge on any atom is -0.345 e. The molecule has 2 saturated carbocycles. The van der Waals surface area contributed by atoms with Crippen LogP contribution in [-0.2, 0) is 10.0 Å². The lowest BCUT2D eigenvalue weighted by atomic mass is 9.97. The third-order valence-corrected chi connectivity index (χ3v) is 8.36. The molecule has 0 spiro atoms. The Morgan fingerprint density at radius 2 is 2.14 bits per heavy atom. The van der Waals surface area contributed by atoms with Gasteiger partial charge in [0.25, 0.3) is 0 Å². The molecule has 0 amide bonds. The van der Waals surface area contributed by atoms with Gasteiger partial charge in [-0.05, 0) is 31.2 Å². The van der Waals surface area contributed by atoms with E-state index in [1.807, 2.05) is 16.7 Å². The van der Waals surface area contributed by atoms with Crippen molar-refractivity contribution in [3.63, 3.8) is 0 Å².